The van der Waals surface area contributed by atoms with E-state index in [1.807, 2.05) is 68.4 Å². The van der Waals surface area contributed by atoms with Gasteiger partial charge in [0.1, 0.15) is 30.2 Å². The van der Waals surface area contributed by atoms with Crippen molar-refractivity contribution < 1.29 is 33.5 Å². The Bertz CT molecular complexity index is 1820. The summed E-state index contributed by atoms with van der Waals surface area (Å²) in [4.78, 5) is 91.1. The summed E-state index contributed by atoms with van der Waals surface area (Å²) in [6, 6.07) is 12.1. The number of nitrogens with two attached hydrogens (primary N) is 2. The minimum atomic E-state index is -1.12. The Morgan fingerprint density at radius 1 is 0.800 bits per heavy atom. The molecule has 2 aromatic rings. The fourth-order valence-electron chi connectivity index (χ4n) is 8.40. The Morgan fingerprint density at radius 2 is 1.47 bits per heavy atom. The van der Waals surface area contributed by atoms with E-state index in [4.69, 9.17) is 16.2 Å². The van der Waals surface area contributed by atoms with Gasteiger partial charge in [-0.25, -0.2) is 0 Å². The molecule has 60 heavy (non-hydrogen) atoms. The van der Waals surface area contributed by atoms with E-state index in [0.717, 1.165) is 36.0 Å². The second-order valence-electron chi connectivity index (χ2n) is 16.5. The number of hydrogen-bond acceptors (Lipinski definition) is 8. The topological polar surface area (TPSA) is 231 Å². The average Bonchev–Trinajstić information content (AvgIpc) is 3.25. The van der Waals surface area contributed by atoms with E-state index in [1.165, 1.54) is 11.8 Å². The Hall–Kier alpha value is -5.51. The van der Waals surface area contributed by atoms with E-state index in [1.54, 1.807) is 4.90 Å². The number of nitrogens with one attached hydrogen (secondary N) is 4. The van der Waals surface area contributed by atoms with Crippen molar-refractivity contribution in [2.24, 2.45) is 28.3 Å². The van der Waals surface area contributed by atoms with Crippen LogP contribution in [0.4, 0.5) is 0 Å². The molecule has 0 aromatic heterocycles. The van der Waals surface area contributed by atoms with Gasteiger partial charge in [0.2, 0.25) is 35.4 Å². The number of ether oxygens (including phenoxy) is 1. The number of aliphatic imine (C=N–C) groups is 1. The van der Waals surface area contributed by atoms with Crippen LogP contribution in [-0.4, -0.2) is 114 Å². The number of guanidine groups is 1. The van der Waals surface area contributed by atoms with Gasteiger partial charge in [-0.2, -0.15) is 0 Å². The lowest BCUT2D eigenvalue weighted by atomic mass is 9.83. The fraction of sp³-hybridized carbons (Fsp3) is 0.568. The smallest absolute Gasteiger partial charge is 0.246 e. The zero-order valence-corrected chi connectivity index (χ0v) is 35.2. The molecule has 2 heterocycles. The number of rotatable bonds is 17. The van der Waals surface area contributed by atoms with E-state index in [2.05, 4.69) is 26.3 Å². The molecule has 8 N–H and O–H groups in total. The monoisotopic (exact) mass is 829 g/mol. The summed E-state index contributed by atoms with van der Waals surface area (Å²) in [6.07, 6.45) is 5.06. The maximum absolute atomic E-state index is 15.0. The molecule has 16 heteroatoms. The molecule has 2 aromatic carbocycles. The lowest BCUT2D eigenvalue weighted by Gasteiger charge is -2.39. The molecular weight excluding hydrogens is 767 g/mol. The van der Waals surface area contributed by atoms with Gasteiger partial charge in [-0.1, -0.05) is 87.7 Å². The quantitative estimate of drug-likeness (QED) is 0.0766. The van der Waals surface area contributed by atoms with Crippen LogP contribution in [0.3, 0.4) is 0 Å². The van der Waals surface area contributed by atoms with Crippen molar-refractivity contribution >= 4 is 41.4 Å². The Morgan fingerprint density at radius 3 is 2.12 bits per heavy atom. The van der Waals surface area contributed by atoms with Crippen LogP contribution in [0.1, 0.15) is 82.4 Å². The molecule has 0 radical (unpaired) electrons. The predicted molar refractivity (Wildman–Crippen MR) is 227 cm³/mol. The van der Waals surface area contributed by atoms with Gasteiger partial charge in [-0.05, 0) is 54.2 Å². The first-order valence-electron chi connectivity index (χ1n) is 21.3. The zero-order valence-electron chi connectivity index (χ0n) is 35.2. The van der Waals surface area contributed by atoms with Gasteiger partial charge in [0.15, 0.2) is 5.96 Å². The van der Waals surface area contributed by atoms with Crippen molar-refractivity contribution in [2.45, 2.75) is 115 Å². The van der Waals surface area contributed by atoms with Crippen LogP contribution in [0.5, 0.6) is 0 Å². The predicted octanol–water partition coefficient (Wildman–Crippen LogP) is 1.29. The Kier molecular flexibility index (Phi) is 16.9. The Labute approximate surface area is 353 Å². The second-order valence-corrected chi connectivity index (χ2v) is 16.5. The minimum Gasteiger partial charge on any atom is -0.378 e. The van der Waals surface area contributed by atoms with Gasteiger partial charge in [0.05, 0.1) is 13.2 Å². The highest BCUT2D eigenvalue weighted by Gasteiger charge is 2.41. The third kappa shape index (κ3) is 12.7. The maximum atomic E-state index is 15.0. The highest BCUT2D eigenvalue weighted by atomic mass is 16.5. The molecule has 326 valence electrons. The summed E-state index contributed by atoms with van der Waals surface area (Å²) in [6.45, 7) is 6.83. The summed E-state index contributed by atoms with van der Waals surface area (Å²) in [5.41, 5.74) is 13.8. The maximum Gasteiger partial charge on any atom is 0.246 e. The molecule has 16 nitrogen and oxygen atoms in total. The first kappa shape index (κ1) is 45.6. The van der Waals surface area contributed by atoms with Crippen LogP contribution >= 0.6 is 0 Å². The van der Waals surface area contributed by atoms with Crippen molar-refractivity contribution in [3.05, 3.63) is 71.3 Å². The summed E-state index contributed by atoms with van der Waals surface area (Å²) in [5.74, 6) is -3.16. The molecule has 1 saturated carbocycles. The number of morpholine rings is 1. The number of fused-ring (bicyclic) bond motifs is 1. The molecule has 5 atom stereocenters. The Balaban J connectivity index is 1.45. The van der Waals surface area contributed by atoms with Crippen molar-refractivity contribution in [1.82, 2.24) is 31.1 Å². The molecule has 2 aliphatic heterocycles. The molecule has 1 unspecified atom stereocenters. The van der Waals surface area contributed by atoms with Gasteiger partial charge in [-0.15, -0.1) is 0 Å². The number of benzene rings is 2. The molecule has 2 fully saturated rings. The molecule has 1 aliphatic carbocycles. The number of nitrogens with zero attached hydrogens (tertiary/aromatic N) is 3. The third-order valence-electron chi connectivity index (χ3n) is 11.6. The molecule has 6 amide bonds. The van der Waals surface area contributed by atoms with Crippen molar-refractivity contribution in [2.75, 3.05) is 32.8 Å². The van der Waals surface area contributed by atoms with Crippen LogP contribution in [-0.2, 0) is 52.9 Å². The van der Waals surface area contributed by atoms with Crippen LogP contribution in [0, 0.1) is 11.8 Å². The SMILES string of the molecule is CC(=O)N[C@H](C(=O)NC(C(=O)N[C@@H](CCCN=C(N)N)C(=O)N1Cc2ccccc2C[C@H]1C(=O)N[C@@H](Cc1ccccc1)C(=O)N1CCOCC1)C1CCCCC1)C(C)C. The van der Waals surface area contributed by atoms with Gasteiger partial charge in [0, 0.05) is 45.9 Å². The van der Waals surface area contributed by atoms with Crippen molar-refractivity contribution in [1.29, 1.82) is 0 Å². The summed E-state index contributed by atoms with van der Waals surface area (Å²) in [5, 5.41) is 11.7. The average molecular weight is 830 g/mol. The molecule has 1 saturated heterocycles. The van der Waals surface area contributed by atoms with Crippen LogP contribution in [0.15, 0.2) is 59.6 Å². The van der Waals surface area contributed by atoms with Gasteiger partial charge >= 0.3 is 0 Å². The number of carbonyl (C=O) groups is 6. The standard InChI is InChI=1S/C44H63N9O7/c1-28(2)37(48-29(3)54)40(56)51-38(31-15-8-5-9-16-31)41(57)49-34(19-12-20-47-44(45)46)43(59)53-27-33-18-11-10-17-32(33)26-36(53)39(55)50-35(25-30-13-6-4-7-14-30)42(58)52-21-23-60-24-22-52/h4,6-7,10-11,13-14,17-18,28,31,34-38H,5,8-9,12,15-16,19-27H2,1-3H3,(H,48,54)(H,49,57)(H,50,55)(H,51,56)(H4,45,46,47)/t34-,35-,36-,37-,38?/m0/s1. The molecular formula is C44H63N9O7. The molecule has 5 rings (SSSR count). The number of hydrogen-bond donors (Lipinski definition) is 6. The zero-order chi connectivity index (χ0) is 43.2. The normalized spacial score (nSPS) is 18.8. The van der Waals surface area contributed by atoms with Crippen LogP contribution in [0.25, 0.3) is 0 Å². The lowest BCUT2D eigenvalue weighted by Crippen LogP contribution is -2.62. The molecule has 0 spiro atoms. The molecule has 3 aliphatic rings. The number of carbonyl (C=O) groups excluding carboxylic acids is 6. The van der Waals surface area contributed by atoms with E-state index in [9.17, 15) is 24.0 Å². The fourth-order valence-corrected chi connectivity index (χ4v) is 8.40. The van der Waals surface area contributed by atoms with Crippen LogP contribution in [0.2, 0.25) is 0 Å². The summed E-state index contributed by atoms with van der Waals surface area (Å²) >= 11 is 0. The van der Waals surface area contributed by atoms with Gasteiger partial charge in [0.25, 0.3) is 0 Å². The first-order chi connectivity index (χ1) is 28.8. The second kappa shape index (κ2) is 22.2. The van der Waals surface area contributed by atoms with Gasteiger partial charge < -0.3 is 47.3 Å². The van der Waals surface area contributed by atoms with E-state index < -0.39 is 53.8 Å². The number of amides is 6. The van der Waals surface area contributed by atoms with E-state index in [-0.39, 0.29) is 62.0 Å². The van der Waals surface area contributed by atoms with Crippen LogP contribution < -0.4 is 32.7 Å². The molecule has 0 bridgehead atoms. The van der Waals surface area contributed by atoms with Crippen molar-refractivity contribution in [3.8, 4) is 0 Å². The van der Waals surface area contributed by atoms with Gasteiger partial charge in [-0.3, -0.25) is 33.8 Å². The minimum absolute atomic E-state index is 0.0870. The highest BCUT2D eigenvalue weighted by Crippen LogP contribution is 2.28. The summed E-state index contributed by atoms with van der Waals surface area (Å²) in [7, 11) is 0. The highest BCUT2D eigenvalue weighted by molar-refractivity contribution is 5.97. The third-order valence-corrected chi connectivity index (χ3v) is 11.6. The largest absolute Gasteiger partial charge is 0.378 e. The van der Waals surface area contributed by atoms with Crippen molar-refractivity contribution in [3.63, 3.8) is 0 Å². The van der Waals surface area contributed by atoms with E-state index >= 15 is 4.79 Å². The summed E-state index contributed by atoms with van der Waals surface area (Å²) < 4.78 is 5.49. The van der Waals surface area contributed by atoms with E-state index in [0.29, 0.717) is 45.6 Å². The first-order valence-corrected chi connectivity index (χ1v) is 21.3. The lowest BCUT2D eigenvalue weighted by molar-refractivity contribution is -0.147.